The van der Waals surface area contributed by atoms with Gasteiger partial charge in [0, 0.05) is 12.2 Å². The number of nitrogens with one attached hydrogen (secondary N) is 1. The first-order valence-electron chi connectivity index (χ1n) is 6.81. The molecule has 2 unspecified atom stereocenters. The molecule has 0 spiro atoms. The zero-order valence-electron chi connectivity index (χ0n) is 11.2. The lowest BCUT2D eigenvalue weighted by Gasteiger charge is -2.26. The second-order valence-corrected chi connectivity index (χ2v) is 5.32. The van der Waals surface area contributed by atoms with Gasteiger partial charge in [0.1, 0.15) is 6.61 Å². The van der Waals surface area contributed by atoms with Gasteiger partial charge >= 0.3 is 12.3 Å². The van der Waals surface area contributed by atoms with E-state index in [-0.39, 0.29) is 24.3 Å². The molecule has 2 heterocycles. The second kappa shape index (κ2) is 5.22. The zero-order chi connectivity index (χ0) is 15.0. The number of hydrogen-bond donors (Lipinski definition) is 1. The van der Waals surface area contributed by atoms with Gasteiger partial charge in [0.2, 0.25) is 0 Å². The summed E-state index contributed by atoms with van der Waals surface area (Å²) in [5.74, 6) is 0.200. The van der Waals surface area contributed by atoms with Gasteiger partial charge in [-0.2, -0.15) is 13.2 Å². The van der Waals surface area contributed by atoms with E-state index >= 15 is 0 Å². The Morgan fingerprint density at radius 1 is 1.33 bits per heavy atom. The monoisotopic (exact) mass is 300 g/mol. The van der Waals surface area contributed by atoms with Crippen LogP contribution in [0.25, 0.3) is 0 Å². The van der Waals surface area contributed by atoms with Crippen LogP contribution < -0.4 is 10.2 Å². The van der Waals surface area contributed by atoms with Crippen LogP contribution in [0.1, 0.15) is 12.0 Å². The first-order valence-corrected chi connectivity index (χ1v) is 6.81. The van der Waals surface area contributed by atoms with Crippen LogP contribution in [0.4, 0.5) is 23.7 Å². The van der Waals surface area contributed by atoms with E-state index < -0.39 is 17.8 Å². The highest BCUT2D eigenvalue weighted by Gasteiger charge is 2.41. The van der Waals surface area contributed by atoms with Gasteiger partial charge in [0.15, 0.2) is 0 Å². The first-order chi connectivity index (χ1) is 9.97. The molecule has 1 aromatic rings. The SMILES string of the molecule is O=C1OCC(C2CCNC2)N1c1cccc(C(F)(F)F)c1. The van der Waals surface area contributed by atoms with Gasteiger partial charge in [-0.3, -0.25) is 4.90 Å². The third-order valence-corrected chi connectivity index (χ3v) is 4.00. The Kier molecular flexibility index (Phi) is 3.52. The maximum absolute atomic E-state index is 12.8. The van der Waals surface area contributed by atoms with Crippen molar-refractivity contribution in [3.05, 3.63) is 29.8 Å². The molecule has 2 aliphatic rings. The van der Waals surface area contributed by atoms with Gasteiger partial charge < -0.3 is 10.1 Å². The maximum Gasteiger partial charge on any atom is 0.416 e. The fraction of sp³-hybridized carbons (Fsp3) is 0.500. The van der Waals surface area contributed by atoms with E-state index in [9.17, 15) is 18.0 Å². The van der Waals surface area contributed by atoms with Gasteiger partial charge in [0.25, 0.3) is 0 Å². The highest BCUT2D eigenvalue weighted by atomic mass is 19.4. The van der Waals surface area contributed by atoms with Crippen molar-refractivity contribution in [1.29, 1.82) is 0 Å². The number of alkyl halides is 3. The molecule has 21 heavy (non-hydrogen) atoms. The number of carbonyl (C=O) groups is 1. The highest BCUT2D eigenvalue weighted by Crippen LogP contribution is 2.35. The summed E-state index contributed by atoms with van der Waals surface area (Å²) in [6, 6.07) is 4.61. The molecule has 0 bridgehead atoms. The molecule has 0 aromatic heterocycles. The van der Waals surface area contributed by atoms with Crippen molar-refractivity contribution < 1.29 is 22.7 Å². The molecule has 0 radical (unpaired) electrons. The smallest absolute Gasteiger partial charge is 0.416 e. The molecular formula is C14H15F3N2O2. The second-order valence-electron chi connectivity index (χ2n) is 5.32. The fourth-order valence-corrected chi connectivity index (χ4v) is 2.92. The Morgan fingerprint density at radius 2 is 2.14 bits per heavy atom. The summed E-state index contributed by atoms with van der Waals surface area (Å²) in [7, 11) is 0. The largest absolute Gasteiger partial charge is 0.447 e. The first kappa shape index (κ1) is 14.2. The molecule has 2 fully saturated rings. The minimum atomic E-state index is -4.43. The van der Waals surface area contributed by atoms with Crippen LogP contribution >= 0.6 is 0 Å². The van der Waals surface area contributed by atoms with E-state index in [1.807, 2.05) is 0 Å². The van der Waals surface area contributed by atoms with Crippen molar-refractivity contribution in [2.45, 2.75) is 18.6 Å². The van der Waals surface area contributed by atoms with Gasteiger partial charge in [-0.25, -0.2) is 4.79 Å². The summed E-state index contributed by atoms with van der Waals surface area (Å²) in [5.41, 5.74) is -0.521. The van der Waals surface area contributed by atoms with Crippen LogP contribution in [-0.4, -0.2) is 31.8 Å². The number of anilines is 1. The molecule has 1 amide bonds. The van der Waals surface area contributed by atoms with Gasteiger partial charge in [0.05, 0.1) is 11.6 Å². The molecule has 1 N–H and O–H groups in total. The quantitative estimate of drug-likeness (QED) is 0.913. The number of benzene rings is 1. The highest BCUT2D eigenvalue weighted by molar-refractivity contribution is 5.90. The lowest BCUT2D eigenvalue weighted by molar-refractivity contribution is -0.137. The van der Waals surface area contributed by atoms with Crippen LogP contribution in [0.15, 0.2) is 24.3 Å². The number of hydrogen-bond acceptors (Lipinski definition) is 3. The summed E-state index contributed by atoms with van der Waals surface area (Å²) in [4.78, 5) is 13.3. The van der Waals surface area contributed by atoms with E-state index in [4.69, 9.17) is 4.74 Å². The Balaban J connectivity index is 1.91. The van der Waals surface area contributed by atoms with Crippen LogP contribution in [0.2, 0.25) is 0 Å². The molecule has 1 aromatic carbocycles. The summed E-state index contributed by atoms with van der Waals surface area (Å²) >= 11 is 0. The topological polar surface area (TPSA) is 41.6 Å². The average molecular weight is 300 g/mol. The minimum absolute atomic E-state index is 0.200. The van der Waals surface area contributed by atoms with Crippen molar-refractivity contribution in [1.82, 2.24) is 5.32 Å². The summed E-state index contributed by atoms with van der Waals surface area (Å²) < 4.78 is 43.5. The maximum atomic E-state index is 12.8. The van der Waals surface area contributed by atoms with Crippen LogP contribution in [0, 0.1) is 5.92 Å². The predicted molar refractivity (Wildman–Crippen MR) is 70.0 cm³/mol. The summed E-state index contributed by atoms with van der Waals surface area (Å²) in [6.07, 6.45) is -4.12. The van der Waals surface area contributed by atoms with Gasteiger partial charge in [-0.05, 0) is 37.1 Å². The van der Waals surface area contributed by atoms with Crippen LogP contribution in [-0.2, 0) is 10.9 Å². The van der Waals surface area contributed by atoms with Crippen molar-refractivity contribution in [2.24, 2.45) is 5.92 Å². The number of ether oxygens (including phenoxy) is 1. The van der Waals surface area contributed by atoms with E-state index in [0.29, 0.717) is 0 Å². The van der Waals surface area contributed by atoms with Gasteiger partial charge in [-0.1, -0.05) is 6.07 Å². The van der Waals surface area contributed by atoms with Gasteiger partial charge in [-0.15, -0.1) is 0 Å². The van der Waals surface area contributed by atoms with E-state index in [0.717, 1.165) is 31.6 Å². The fourth-order valence-electron chi connectivity index (χ4n) is 2.92. The number of rotatable bonds is 2. The van der Waals surface area contributed by atoms with Crippen molar-refractivity contribution in [2.75, 3.05) is 24.6 Å². The number of halogens is 3. The Morgan fingerprint density at radius 3 is 2.81 bits per heavy atom. The van der Waals surface area contributed by atoms with E-state index in [1.54, 1.807) is 0 Å². The summed E-state index contributed by atoms with van der Waals surface area (Å²) in [6.45, 7) is 1.82. The van der Waals surface area contributed by atoms with Crippen molar-refractivity contribution >= 4 is 11.8 Å². The number of amides is 1. The van der Waals surface area contributed by atoms with Crippen LogP contribution in [0.5, 0.6) is 0 Å². The lowest BCUT2D eigenvalue weighted by Crippen LogP contribution is -2.40. The molecule has 0 saturated carbocycles. The molecule has 2 atom stereocenters. The molecule has 7 heteroatoms. The molecular weight excluding hydrogens is 285 g/mol. The Labute approximate surface area is 119 Å². The third-order valence-electron chi connectivity index (χ3n) is 4.00. The van der Waals surface area contributed by atoms with E-state index in [1.165, 1.54) is 17.0 Å². The Hall–Kier alpha value is -1.76. The van der Waals surface area contributed by atoms with Crippen LogP contribution in [0.3, 0.4) is 0 Å². The number of cyclic esters (lactones) is 1. The molecule has 4 nitrogen and oxygen atoms in total. The standard InChI is InChI=1S/C14H15F3N2O2/c15-14(16,17)10-2-1-3-11(6-10)19-12(8-21-13(19)20)9-4-5-18-7-9/h1-3,6,9,12,18H,4-5,7-8H2. The Bertz CT molecular complexity index is 541. The molecule has 3 rings (SSSR count). The zero-order valence-corrected chi connectivity index (χ0v) is 11.2. The average Bonchev–Trinajstić information content (AvgIpc) is 3.06. The minimum Gasteiger partial charge on any atom is -0.447 e. The van der Waals surface area contributed by atoms with E-state index in [2.05, 4.69) is 5.32 Å². The molecule has 2 aliphatic heterocycles. The number of carbonyl (C=O) groups excluding carboxylic acids is 1. The predicted octanol–water partition coefficient (Wildman–Crippen LogP) is 2.64. The number of nitrogens with zero attached hydrogens (tertiary/aromatic N) is 1. The normalized spacial score (nSPS) is 26.2. The molecule has 0 aliphatic carbocycles. The third kappa shape index (κ3) is 2.70. The van der Waals surface area contributed by atoms with Crippen molar-refractivity contribution in [3.8, 4) is 0 Å². The lowest BCUT2D eigenvalue weighted by atomic mass is 9.98. The molecule has 2 saturated heterocycles. The van der Waals surface area contributed by atoms with Crippen molar-refractivity contribution in [3.63, 3.8) is 0 Å². The summed E-state index contributed by atoms with van der Waals surface area (Å²) in [5, 5.41) is 3.20. The molecule has 114 valence electrons.